The van der Waals surface area contributed by atoms with E-state index in [1.54, 1.807) is 0 Å². The second-order valence-corrected chi connectivity index (χ2v) is 7.42. The van der Waals surface area contributed by atoms with Crippen molar-refractivity contribution in [3.63, 3.8) is 0 Å². The molecule has 0 saturated heterocycles. The maximum absolute atomic E-state index is 8.58. The molecule has 0 spiro atoms. The largest absolute Gasteiger partial charge is 3.00 e. The van der Waals surface area contributed by atoms with E-state index >= 15 is 0 Å². The number of nitrogens with zero attached hydrogens (tertiary/aromatic N) is 6. The van der Waals surface area contributed by atoms with Gasteiger partial charge in [0.25, 0.3) is 0 Å². The van der Waals surface area contributed by atoms with Crippen LogP contribution in [0.4, 0.5) is 0 Å². The van der Waals surface area contributed by atoms with Gasteiger partial charge in [-0.1, -0.05) is 0 Å². The summed E-state index contributed by atoms with van der Waals surface area (Å²) in [7, 11) is -6.17. The van der Waals surface area contributed by atoms with Gasteiger partial charge in [0.05, 0.1) is 0 Å². The third-order valence-corrected chi connectivity index (χ3v) is 4.89. The molecule has 71 valence electrons. The third kappa shape index (κ3) is 1.72. The molecule has 0 rings (SSSR count). The fourth-order valence-electron chi connectivity index (χ4n) is 0.265. The standard InChI is InChI=1S/6CN.2Fe.Li/c6*1-2;;;/q;;;;;;-4;+3;+1. The van der Waals surface area contributed by atoms with E-state index in [9.17, 15) is 0 Å². The first-order valence-electron chi connectivity index (χ1n) is 2.40. The van der Waals surface area contributed by atoms with E-state index in [2.05, 4.69) is 0 Å². The Bertz CT molecular complexity index is 395. The molecule has 0 aromatic carbocycles. The molecule has 0 saturated carbocycles. The molecule has 0 heterocycles. The molecular formula is C6Fe2LiN6. The van der Waals surface area contributed by atoms with Crippen molar-refractivity contribution >= 4 is 0 Å². The van der Waals surface area contributed by atoms with Crippen LogP contribution in [-0.4, -0.2) is 0 Å². The van der Waals surface area contributed by atoms with E-state index in [0.717, 1.165) is 29.8 Å². The molecule has 15 heavy (non-hydrogen) atoms. The Morgan fingerprint density at radius 2 is 0.667 bits per heavy atom. The van der Waals surface area contributed by atoms with Gasteiger partial charge in [-0.2, -0.15) is 0 Å². The van der Waals surface area contributed by atoms with Gasteiger partial charge < -0.3 is 0 Å². The summed E-state index contributed by atoms with van der Waals surface area (Å²) in [5.41, 5.74) is 0. The summed E-state index contributed by atoms with van der Waals surface area (Å²) in [6, 6.07) is 0. The molecule has 0 aromatic rings. The summed E-state index contributed by atoms with van der Waals surface area (Å²) in [5, 5.41) is 51.5. The van der Waals surface area contributed by atoms with Crippen molar-refractivity contribution < 1.29 is 46.7 Å². The topological polar surface area (TPSA) is 143 Å². The van der Waals surface area contributed by atoms with E-state index in [-0.39, 0.29) is 35.9 Å². The Kier molecular flexibility index (Phi) is 5.63. The van der Waals surface area contributed by atoms with Gasteiger partial charge in [0, 0.05) is 0 Å². The van der Waals surface area contributed by atoms with Crippen LogP contribution < -0.4 is 18.9 Å². The molecule has 0 aromatic heterocycles. The SMILES string of the molecule is N#[C][Fe-4]([C]#N)([C]#N)([C]#N)([C]#N)[C]#N.[Fe+3].[Li+]. The van der Waals surface area contributed by atoms with E-state index in [1.807, 2.05) is 0 Å². The molecule has 6 nitrogen and oxygen atoms in total. The molecule has 0 unspecified atom stereocenters. The van der Waals surface area contributed by atoms with Gasteiger partial charge >= 0.3 is 108 Å². The minimum absolute atomic E-state index is 0. The zero-order valence-corrected chi connectivity index (χ0v) is 9.60. The monoisotopic (exact) mass is 275 g/mol. The summed E-state index contributed by atoms with van der Waals surface area (Å²) < 4.78 is 0. The average Bonchev–Trinajstić information content (AvgIpc) is 2.26. The van der Waals surface area contributed by atoms with Crippen LogP contribution in [-0.2, 0) is 27.8 Å². The predicted molar refractivity (Wildman–Crippen MR) is 33.7 cm³/mol. The van der Waals surface area contributed by atoms with Gasteiger partial charge in [-0.25, -0.2) is 0 Å². The zero-order chi connectivity index (χ0) is 10.7. The number of nitriles is 6. The van der Waals surface area contributed by atoms with E-state index in [4.69, 9.17) is 31.6 Å². The van der Waals surface area contributed by atoms with Gasteiger partial charge in [0.15, 0.2) is 0 Å². The van der Waals surface area contributed by atoms with Crippen LogP contribution in [0.3, 0.4) is 0 Å². The quantitative estimate of drug-likeness (QED) is 0.434. The second-order valence-electron chi connectivity index (χ2n) is 1.80. The molecule has 0 bridgehead atoms. The Morgan fingerprint density at radius 1 is 0.533 bits per heavy atom. The number of rotatable bonds is 0. The smallest absolute Gasteiger partial charge is 1.00 e. The van der Waals surface area contributed by atoms with Gasteiger partial charge in [-0.15, -0.1) is 0 Å². The maximum Gasteiger partial charge on any atom is 3.00 e. The molecule has 9 heteroatoms. The summed E-state index contributed by atoms with van der Waals surface area (Å²) in [4.78, 5) is 6.19. The number of hydrogen-bond acceptors (Lipinski definition) is 6. The normalized spacial score (nSPS) is 11.6. The Labute approximate surface area is 107 Å². The second kappa shape index (κ2) is 4.40. The summed E-state index contributed by atoms with van der Waals surface area (Å²) in [6.45, 7) is 0. The first-order valence-corrected chi connectivity index (χ1v) is 5.71. The molecule has 0 fully saturated rings. The van der Waals surface area contributed by atoms with E-state index < -0.39 is 10.7 Å². The Morgan fingerprint density at radius 3 is 0.667 bits per heavy atom. The van der Waals surface area contributed by atoms with Crippen LogP contribution in [0.15, 0.2) is 0 Å². The van der Waals surface area contributed by atoms with Crippen molar-refractivity contribution in [1.29, 1.82) is 31.6 Å². The van der Waals surface area contributed by atoms with Gasteiger partial charge in [-0.3, -0.25) is 0 Å². The van der Waals surface area contributed by atoms with Crippen LogP contribution in [0.25, 0.3) is 0 Å². The first-order chi connectivity index (χ1) is 5.97. The molecule has 0 aliphatic heterocycles. The van der Waals surface area contributed by atoms with Crippen molar-refractivity contribution in [2.45, 2.75) is 0 Å². The van der Waals surface area contributed by atoms with Crippen LogP contribution in [0, 0.1) is 61.4 Å². The van der Waals surface area contributed by atoms with Crippen molar-refractivity contribution in [3.05, 3.63) is 0 Å². The van der Waals surface area contributed by atoms with Crippen molar-refractivity contribution in [2.75, 3.05) is 0 Å². The van der Waals surface area contributed by atoms with Crippen LogP contribution in [0.1, 0.15) is 0 Å². The molecular weight excluding hydrogens is 275 g/mol. The fraction of sp³-hybridized carbons (Fsp3) is 0. The van der Waals surface area contributed by atoms with Gasteiger partial charge in [0.2, 0.25) is 0 Å². The molecule has 0 atom stereocenters. The summed E-state index contributed by atoms with van der Waals surface area (Å²) >= 11 is 0. The minimum atomic E-state index is -6.17. The van der Waals surface area contributed by atoms with Crippen molar-refractivity contribution in [1.82, 2.24) is 0 Å². The molecule has 0 aliphatic rings. The van der Waals surface area contributed by atoms with Crippen molar-refractivity contribution in [3.8, 4) is 29.8 Å². The van der Waals surface area contributed by atoms with Crippen LogP contribution in [0.5, 0.6) is 0 Å². The Balaban J connectivity index is -0.000000720. The molecule has 0 aliphatic carbocycles. The fourth-order valence-corrected chi connectivity index (χ4v) is 1.09. The predicted octanol–water partition coefficient (Wildman–Crippen LogP) is -2.90. The first kappa shape index (κ1) is 19.2. The molecule has 0 amide bonds. The molecule has 1 radical (unpaired) electrons. The van der Waals surface area contributed by atoms with E-state index in [0.29, 0.717) is 0 Å². The summed E-state index contributed by atoms with van der Waals surface area (Å²) in [6.07, 6.45) is 0. The third-order valence-electron chi connectivity index (χ3n) is 1.19. The Hall–Kier alpha value is -1.42. The average molecular weight is 275 g/mol. The summed E-state index contributed by atoms with van der Waals surface area (Å²) in [5.74, 6) is 0. The van der Waals surface area contributed by atoms with Gasteiger partial charge in [-0.05, 0) is 0 Å². The minimum Gasteiger partial charge on any atom is 1.00 e. The van der Waals surface area contributed by atoms with Crippen LogP contribution in [0.2, 0.25) is 0 Å². The van der Waals surface area contributed by atoms with Gasteiger partial charge in [0.1, 0.15) is 0 Å². The molecule has 0 N–H and O–H groups in total. The van der Waals surface area contributed by atoms with Crippen molar-refractivity contribution in [2.24, 2.45) is 0 Å². The number of hydrogen-bond donors (Lipinski definition) is 0. The van der Waals surface area contributed by atoms with E-state index in [1.165, 1.54) is 0 Å². The van der Waals surface area contributed by atoms with Crippen LogP contribution >= 0.6 is 0 Å². The zero-order valence-electron chi connectivity index (χ0n) is 7.39. The maximum atomic E-state index is 8.58.